The molecule has 124 valence electrons. The predicted molar refractivity (Wildman–Crippen MR) is 88.8 cm³/mol. The molecule has 2 atom stereocenters. The van der Waals surface area contributed by atoms with E-state index in [0.29, 0.717) is 11.1 Å². The van der Waals surface area contributed by atoms with E-state index in [2.05, 4.69) is 10.3 Å². The molecule has 3 aromatic rings. The van der Waals surface area contributed by atoms with Crippen LogP contribution in [0.4, 0.5) is 4.39 Å². The molecule has 3 N–H and O–H groups in total. The molecule has 0 saturated heterocycles. The number of nitrogens with one attached hydrogen (secondary N) is 1. The maximum atomic E-state index is 12.8. The minimum Gasteiger partial charge on any atom is -0.383 e. The van der Waals surface area contributed by atoms with Gasteiger partial charge in [0, 0.05) is 6.54 Å². The van der Waals surface area contributed by atoms with Crippen molar-refractivity contribution in [1.82, 2.24) is 10.3 Å². The third-order valence-electron chi connectivity index (χ3n) is 3.51. The second kappa shape index (κ2) is 7.04. The van der Waals surface area contributed by atoms with Crippen LogP contribution in [0.5, 0.6) is 0 Å². The van der Waals surface area contributed by atoms with Crippen molar-refractivity contribution in [2.75, 3.05) is 0 Å². The van der Waals surface area contributed by atoms with Gasteiger partial charge in [0.2, 0.25) is 0 Å². The third-order valence-corrected chi connectivity index (χ3v) is 4.62. The van der Waals surface area contributed by atoms with E-state index in [1.807, 2.05) is 18.2 Å². The van der Waals surface area contributed by atoms with Crippen LogP contribution in [0.1, 0.15) is 16.7 Å². The summed E-state index contributed by atoms with van der Waals surface area (Å²) >= 11 is 1.22. The van der Waals surface area contributed by atoms with Crippen molar-refractivity contribution in [3.8, 4) is 0 Å². The monoisotopic (exact) mass is 346 g/mol. The van der Waals surface area contributed by atoms with Gasteiger partial charge >= 0.3 is 0 Å². The molecule has 3 rings (SSSR count). The number of aromatic nitrogens is 1. The van der Waals surface area contributed by atoms with E-state index in [0.717, 1.165) is 4.70 Å². The predicted octanol–water partition coefficient (Wildman–Crippen LogP) is 2.15. The van der Waals surface area contributed by atoms with Gasteiger partial charge in [-0.15, -0.1) is 11.3 Å². The van der Waals surface area contributed by atoms with Crippen LogP contribution in [0.2, 0.25) is 0 Å². The summed E-state index contributed by atoms with van der Waals surface area (Å²) in [5.74, 6) is -1.08. The van der Waals surface area contributed by atoms with Crippen LogP contribution in [0.3, 0.4) is 0 Å². The summed E-state index contributed by atoms with van der Waals surface area (Å²) < 4.78 is 13.7. The van der Waals surface area contributed by atoms with E-state index in [4.69, 9.17) is 0 Å². The fourth-order valence-corrected chi connectivity index (χ4v) is 3.17. The Kier molecular flexibility index (Phi) is 4.84. The van der Waals surface area contributed by atoms with E-state index >= 15 is 0 Å². The number of carbonyl (C=O) groups is 1. The van der Waals surface area contributed by atoms with Gasteiger partial charge in [0.1, 0.15) is 16.9 Å². The lowest BCUT2D eigenvalue weighted by Crippen LogP contribution is -2.38. The van der Waals surface area contributed by atoms with Gasteiger partial charge in [-0.05, 0) is 29.8 Å². The molecule has 0 aliphatic carbocycles. The number of amides is 1. The van der Waals surface area contributed by atoms with Gasteiger partial charge in [-0.2, -0.15) is 0 Å². The highest BCUT2D eigenvalue weighted by atomic mass is 32.1. The number of hydrogen-bond donors (Lipinski definition) is 3. The SMILES string of the molecule is O=C(NCc1ccc(F)cc1)C(O)C(O)c1nc2ccccc2s1. The fourth-order valence-electron chi connectivity index (χ4n) is 2.19. The number of nitrogens with zero attached hydrogens (tertiary/aromatic N) is 1. The van der Waals surface area contributed by atoms with Crippen LogP contribution < -0.4 is 5.32 Å². The lowest BCUT2D eigenvalue weighted by Gasteiger charge is -2.15. The first kappa shape index (κ1) is 16.5. The Morgan fingerprint density at radius 3 is 2.58 bits per heavy atom. The van der Waals surface area contributed by atoms with Crippen LogP contribution in [-0.2, 0) is 11.3 Å². The second-order valence-corrected chi connectivity index (χ2v) is 6.32. The topological polar surface area (TPSA) is 82.5 Å². The normalized spacial score (nSPS) is 13.6. The third kappa shape index (κ3) is 3.59. The van der Waals surface area contributed by atoms with E-state index in [9.17, 15) is 19.4 Å². The highest BCUT2D eigenvalue weighted by Gasteiger charge is 2.28. The lowest BCUT2D eigenvalue weighted by molar-refractivity contribution is -0.135. The van der Waals surface area contributed by atoms with Gasteiger partial charge in [-0.1, -0.05) is 24.3 Å². The number of carbonyl (C=O) groups excluding carboxylic acids is 1. The largest absolute Gasteiger partial charge is 0.383 e. The molecule has 5 nitrogen and oxygen atoms in total. The summed E-state index contributed by atoms with van der Waals surface area (Å²) in [6.45, 7) is 0.128. The summed E-state index contributed by atoms with van der Waals surface area (Å²) in [4.78, 5) is 16.2. The number of halogens is 1. The van der Waals surface area contributed by atoms with E-state index in [-0.39, 0.29) is 17.4 Å². The molecule has 1 heterocycles. The molecule has 1 amide bonds. The van der Waals surface area contributed by atoms with Crippen LogP contribution in [0.15, 0.2) is 48.5 Å². The summed E-state index contributed by atoms with van der Waals surface area (Å²) in [7, 11) is 0. The number of aliphatic hydroxyl groups excluding tert-OH is 2. The zero-order valence-electron chi connectivity index (χ0n) is 12.5. The Morgan fingerprint density at radius 2 is 1.88 bits per heavy atom. The average Bonchev–Trinajstić information content (AvgIpc) is 3.03. The van der Waals surface area contributed by atoms with Crippen molar-refractivity contribution >= 4 is 27.5 Å². The molecule has 0 bridgehead atoms. The second-order valence-electron chi connectivity index (χ2n) is 5.25. The number of rotatable bonds is 5. The molecule has 2 unspecified atom stereocenters. The quantitative estimate of drug-likeness (QED) is 0.661. The van der Waals surface area contributed by atoms with Crippen molar-refractivity contribution in [2.45, 2.75) is 18.8 Å². The Hall–Kier alpha value is -2.35. The minimum absolute atomic E-state index is 0.128. The van der Waals surface area contributed by atoms with Crippen LogP contribution in [0.25, 0.3) is 10.2 Å². The first-order chi connectivity index (χ1) is 11.5. The van der Waals surface area contributed by atoms with Crippen LogP contribution in [0, 0.1) is 5.82 Å². The number of hydrogen-bond acceptors (Lipinski definition) is 5. The van der Waals surface area contributed by atoms with Crippen molar-refractivity contribution < 1.29 is 19.4 Å². The Labute approximate surface area is 141 Å². The smallest absolute Gasteiger partial charge is 0.252 e. The standard InChI is InChI=1S/C17H15FN2O3S/c18-11-7-5-10(6-8-11)9-19-16(23)14(21)15(22)17-20-12-3-1-2-4-13(12)24-17/h1-8,14-15,21-22H,9H2,(H,19,23). The molecule has 0 fully saturated rings. The number of fused-ring (bicyclic) bond motifs is 1. The number of thiazole rings is 1. The van der Waals surface area contributed by atoms with Crippen molar-refractivity contribution in [3.63, 3.8) is 0 Å². The molecule has 7 heteroatoms. The lowest BCUT2D eigenvalue weighted by atomic mass is 10.2. The molecular formula is C17H15FN2O3S. The van der Waals surface area contributed by atoms with Gasteiger partial charge in [-0.25, -0.2) is 9.37 Å². The average molecular weight is 346 g/mol. The van der Waals surface area contributed by atoms with E-state index in [1.54, 1.807) is 6.07 Å². The van der Waals surface area contributed by atoms with Gasteiger partial charge < -0.3 is 15.5 Å². The van der Waals surface area contributed by atoms with Gasteiger partial charge in [-0.3, -0.25) is 4.79 Å². The van der Waals surface area contributed by atoms with E-state index in [1.165, 1.54) is 35.6 Å². The van der Waals surface area contributed by atoms with Crippen LogP contribution >= 0.6 is 11.3 Å². The first-order valence-electron chi connectivity index (χ1n) is 7.28. The van der Waals surface area contributed by atoms with Crippen molar-refractivity contribution in [3.05, 3.63) is 64.9 Å². The summed E-state index contributed by atoms with van der Waals surface area (Å²) in [5, 5.41) is 23.0. The highest BCUT2D eigenvalue weighted by Crippen LogP contribution is 2.27. The fraction of sp³-hybridized carbons (Fsp3) is 0.176. The van der Waals surface area contributed by atoms with Crippen LogP contribution in [-0.4, -0.2) is 27.2 Å². The zero-order chi connectivity index (χ0) is 17.1. The van der Waals surface area contributed by atoms with Crippen molar-refractivity contribution in [1.29, 1.82) is 0 Å². The molecule has 2 aromatic carbocycles. The maximum absolute atomic E-state index is 12.8. The van der Waals surface area contributed by atoms with Gasteiger partial charge in [0.25, 0.3) is 5.91 Å². The molecule has 0 radical (unpaired) electrons. The van der Waals surface area contributed by atoms with E-state index < -0.39 is 18.1 Å². The summed E-state index contributed by atoms with van der Waals surface area (Å²) in [5.41, 5.74) is 1.39. The summed E-state index contributed by atoms with van der Waals surface area (Å²) in [6, 6.07) is 13.0. The zero-order valence-corrected chi connectivity index (χ0v) is 13.3. The maximum Gasteiger partial charge on any atom is 0.252 e. The highest BCUT2D eigenvalue weighted by molar-refractivity contribution is 7.18. The molecule has 0 saturated carbocycles. The molecule has 24 heavy (non-hydrogen) atoms. The Balaban J connectivity index is 1.64. The van der Waals surface area contributed by atoms with Gasteiger partial charge in [0.05, 0.1) is 10.2 Å². The molecule has 1 aromatic heterocycles. The minimum atomic E-state index is -1.63. The van der Waals surface area contributed by atoms with Crippen molar-refractivity contribution in [2.24, 2.45) is 0 Å². The molecule has 0 aliphatic rings. The Morgan fingerprint density at radius 1 is 1.17 bits per heavy atom. The first-order valence-corrected chi connectivity index (χ1v) is 8.10. The number of aliphatic hydroxyl groups is 2. The summed E-state index contributed by atoms with van der Waals surface area (Å²) in [6.07, 6.45) is -3.04. The molecular weight excluding hydrogens is 331 g/mol. The number of benzene rings is 2. The Bertz CT molecular complexity index is 817. The molecule has 0 spiro atoms. The molecule has 0 aliphatic heterocycles. The number of para-hydroxylation sites is 1. The van der Waals surface area contributed by atoms with Gasteiger partial charge in [0.15, 0.2) is 6.10 Å².